The van der Waals surface area contributed by atoms with Crippen LogP contribution in [0.25, 0.3) is 11.6 Å². The van der Waals surface area contributed by atoms with Crippen LogP contribution in [0, 0.1) is 0 Å². The number of carboxylic acid groups (broad SMARTS) is 1. The van der Waals surface area contributed by atoms with Crippen LogP contribution in [0.2, 0.25) is 0 Å². The van der Waals surface area contributed by atoms with E-state index in [0.717, 1.165) is 5.56 Å². The van der Waals surface area contributed by atoms with Crippen molar-refractivity contribution in [2.75, 3.05) is 0 Å². The van der Waals surface area contributed by atoms with Crippen molar-refractivity contribution in [1.29, 1.82) is 0 Å². The quantitative estimate of drug-likeness (QED) is 0.655. The van der Waals surface area contributed by atoms with Gasteiger partial charge in [-0.3, -0.25) is 0 Å². The van der Waals surface area contributed by atoms with Gasteiger partial charge in [-0.2, -0.15) is 0 Å². The Bertz CT molecular complexity index is 687. The Balaban J connectivity index is 2.38. The lowest BCUT2D eigenvalue weighted by Gasteiger charge is -2.18. The lowest BCUT2D eigenvalue weighted by atomic mass is 9.86. The first-order valence-electron chi connectivity index (χ1n) is 7.12. The largest absolute Gasteiger partial charge is 0.508 e. The highest BCUT2D eigenvalue weighted by Gasteiger charge is 2.14. The van der Waals surface area contributed by atoms with E-state index in [1.807, 2.05) is 24.3 Å². The minimum atomic E-state index is -0.995. The number of benzene rings is 2. The number of aliphatic carboxylic acids is 1. The molecule has 0 atom stereocenters. The zero-order valence-corrected chi connectivity index (χ0v) is 13.0. The molecule has 0 radical (unpaired) electrons. The normalized spacial score (nSPS) is 12.2. The van der Waals surface area contributed by atoms with Crippen molar-refractivity contribution in [2.45, 2.75) is 26.2 Å². The van der Waals surface area contributed by atoms with Crippen LogP contribution in [0.3, 0.4) is 0 Å². The van der Waals surface area contributed by atoms with Gasteiger partial charge in [0.25, 0.3) is 0 Å². The van der Waals surface area contributed by atoms with Gasteiger partial charge >= 0.3 is 5.97 Å². The second kappa shape index (κ2) is 6.06. The monoisotopic (exact) mass is 296 g/mol. The lowest BCUT2D eigenvalue weighted by molar-refractivity contribution is -0.130. The molecular formula is C19H20O3. The molecule has 3 heteroatoms. The topological polar surface area (TPSA) is 57.5 Å². The fourth-order valence-electron chi connectivity index (χ4n) is 2.16. The van der Waals surface area contributed by atoms with Crippen molar-refractivity contribution < 1.29 is 15.0 Å². The molecule has 0 amide bonds. The number of hydrogen-bond acceptors (Lipinski definition) is 2. The summed E-state index contributed by atoms with van der Waals surface area (Å²) in [5, 5.41) is 18.7. The standard InChI is InChI=1S/C19H20O3/c1-19(2,3)15-8-4-13(5-9-15)12-17(18(21)22)14-6-10-16(20)11-7-14/h4-12,20H,1-3H3,(H,21,22)/b17-12-. The summed E-state index contributed by atoms with van der Waals surface area (Å²) in [6, 6.07) is 14.0. The van der Waals surface area contributed by atoms with Crippen molar-refractivity contribution in [3.8, 4) is 5.75 Å². The molecule has 0 aromatic heterocycles. The van der Waals surface area contributed by atoms with Crippen LogP contribution in [-0.2, 0) is 10.2 Å². The van der Waals surface area contributed by atoms with Crippen molar-refractivity contribution in [1.82, 2.24) is 0 Å². The minimum Gasteiger partial charge on any atom is -0.508 e. The summed E-state index contributed by atoms with van der Waals surface area (Å²) < 4.78 is 0. The molecule has 0 spiro atoms. The molecule has 2 aromatic rings. The first-order chi connectivity index (χ1) is 10.3. The third-order valence-corrected chi connectivity index (χ3v) is 3.50. The number of carbonyl (C=O) groups is 1. The maximum Gasteiger partial charge on any atom is 0.336 e. The van der Waals surface area contributed by atoms with Crippen molar-refractivity contribution in [3.63, 3.8) is 0 Å². The molecular weight excluding hydrogens is 276 g/mol. The van der Waals surface area contributed by atoms with Crippen LogP contribution < -0.4 is 0 Å². The van der Waals surface area contributed by atoms with Gasteiger partial charge in [0.1, 0.15) is 5.75 Å². The van der Waals surface area contributed by atoms with Gasteiger partial charge in [-0.15, -0.1) is 0 Å². The highest BCUT2D eigenvalue weighted by molar-refractivity contribution is 6.20. The average Bonchev–Trinajstić information content (AvgIpc) is 2.45. The molecule has 0 aliphatic heterocycles. The second-order valence-corrected chi connectivity index (χ2v) is 6.28. The fourth-order valence-corrected chi connectivity index (χ4v) is 2.16. The van der Waals surface area contributed by atoms with Gasteiger partial charge in [-0.25, -0.2) is 4.79 Å². The Kier molecular flexibility index (Phi) is 4.36. The first kappa shape index (κ1) is 15.8. The van der Waals surface area contributed by atoms with Crippen molar-refractivity contribution >= 4 is 17.6 Å². The van der Waals surface area contributed by atoms with Gasteiger partial charge < -0.3 is 10.2 Å². The highest BCUT2D eigenvalue weighted by atomic mass is 16.4. The van der Waals surface area contributed by atoms with Gasteiger partial charge in [-0.05, 0) is 40.3 Å². The van der Waals surface area contributed by atoms with Crippen LogP contribution in [0.5, 0.6) is 5.75 Å². The Morgan fingerprint density at radius 1 is 0.955 bits per heavy atom. The molecule has 0 bridgehead atoms. The fraction of sp³-hybridized carbons (Fsp3) is 0.211. The van der Waals surface area contributed by atoms with Gasteiger partial charge in [0.2, 0.25) is 0 Å². The first-order valence-corrected chi connectivity index (χ1v) is 7.12. The number of rotatable bonds is 3. The summed E-state index contributed by atoms with van der Waals surface area (Å²) in [5.41, 5.74) is 2.85. The summed E-state index contributed by atoms with van der Waals surface area (Å²) >= 11 is 0. The Morgan fingerprint density at radius 2 is 1.50 bits per heavy atom. The molecule has 2 aromatic carbocycles. The third kappa shape index (κ3) is 3.76. The number of phenolic OH excluding ortho intramolecular Hbond substituents is 1. The summed E-state index contributed by atoms with van der Waals surface area (Å²) in [4.78, 5) is 11.5. The molecule has 0 saturated heterocycles. The van der Waals surface area contributed by atoms with E-state index in [9.17, 15) is 15.0 Å². The van der Waals surface area contributed by atoms with Crippen LogP contribution in [0.1, 0.15) is 37.5 Å². The van der Waals surface area contributed by atoms with Gasteiger partial charge in [0, 0.05) is 0 Å². The summed E-state index contributed by atoms with van der Waals surface area (Å²) in [7, 11) is 0. The van der Waals surface area contributed by atoms with Gasteiger partial charge in [0.15, 0.2) is 0 Å². The van der Waals surface area contributed by atoms with Crippen LogP contribution in [0.4, 0.5) is 0 Å². The van der Waals surface area contributed by atoms with Crippen LogP contribution in [-0.4, -0.2) is 16.2 Å². The Labute approximate surface area is 130 Å². The lowest BCUT2D eigenvalue weighted by Crippen LogP contribution is -2.10. The minimum absolute atomic E-state index is 0.0643. The van der Waals surface area contributed by atoms with Crippen LogP contribution in [0.15, 0.2) is 48.5 Å². The predicted molar refractivity (Wildman–Crippen MR) is 88.8 cm³/mol. The molecule has 0 saturated carbocycles. The molecule has 0 unspecified atom stereocenters. The number of aromatic hydroxyl groups is 1. The summed E-state index contributed by atoms with van der Waals surface area (Å²) in [6.45, 7) is 6.41. The van der Waals surface area contributed by atoms with E-state index in [1.165, 1.54) is 17.7 Å². The Hall–Kier alpha value is -2.55. The van der Waals surface area contributed by atoms with E-state index < -0.39 is 5.97 Å². The third-order valence-electron chi connectivity index (χ3n) is 3.50. The number of phenols is 1. The SMILES string of the molecule is CC(C)(C)c1ccc(/C=C(\C(=O)O)c2ccc(O)cc2)cc1. The highest BCUT2D eigenvalue weighted by Crippen LogP contribution is 2.25. The van der Waals surface area contributed by atoms with Gasteiger partial charge in [-0.1, -0.05) is 57.2 Å². The van der Waals surface area contributed by atoms with E-state index in [-0.39, 0.29) is 16.7 Å². The second-order valence-electron chi connectivity index (χ2n) is 6.28. The molecule has 2 rings (SSSR count). The van der Waals surface area contributed by atoms with Gasteiger partial charge in [0.05, 0.1) is 5.57 Å². The van der Waals surface area contributed by atoms with E-state index in [0.29, 0.717) is 5.56 Å². The zero-order valence-electron chi connectivity index (χ0n) is 13.0. The summed E-state index contributed by atoms with van der Waals surface area (Å²) in [5.74, 6) is -0.881. The van der Waals surface area contributed by atoms with Crippen molar-refractivity contribution in [2.24, 2.45) is 0 Å². The average molecular weight is 296 g/mol. The number of hydrogen-bond donors (Lipinski definition) is 2. The maximum absolute atomic E-state index is 11.5. The molecule has 0 heterocycles. The number of carboxylic acids is 1. The van der Waals surface area contributed by atoms with E-state index in [2.05, 4.69) is 20.8 Å². The molecule has 22 heavy (non-hydrogen) atoms. The molecule has 3 nitrogen and oxygen atoms in total. The molecule has 0 aliphatic rings. The predicted octanol–water partition coefficient (Wildman–Crippen LogP) is 4.31. The smallest absolute Gasteiger partial charge is 0.336 e. The van der Waals surface area contributed by atoms with E-state index in [4.69, 9.17) is 0 Å². The molecule has 0 fully saturated rings. The van der Waals surface area contributed by atoms with Crippen molar-refractivity contribution in [3.05, 3.63) is 65.2 Å². The molecule has 0 aliphatic carbocycles. The van der Waals surface area contributed by atoms with Crippen LogP contribution >= 0.6 is 0 Å². The summed E-state index contributed by atoms with van der Waals surface area (Å²) in [6.07, 6.45) is 1.64. The zero-order chi connectivity index (χ0) is 16.3. The molecule has 114 valence electrons. The molecule has 2 N–H and O–H groups in total. The maximum atomic E-state index is 11.5. The van der Waals surface area contributed by atoms with E-state index >= 15 is 0 Å². The van der Waals surface area contributed by atoms with E-state index in [1.54, 1.807) is 18.2 Å². The Morgan fingerprint density at radius 3 is 1.95 bits per heavy atom.